The lowest BCUT2D eigenvalue weighted by Crippen LogP contribution is -2.44. The molecule has 2 unspecified atom stereocenters. The first-order chi connectivity index (χ1) is 32.2. The van der Waals surface area contributed by atoms with Crippen LogP contribution in [0, 0.1) is 23.7 Å². The van der Waals surface area contributed by atoms with E-state index in [1.54, 1.807) is 26.0 Å². The monoisotopic (exact) mass is 976 g/mol. The van der Waals surface area contributed by atoms with Gasteiger partial charge in [0.1, 0.15) is 30.5 Å². The molecule has 68 heavy (non-hydrogen) atoms. The zero-order valence-corrected chi connectivity index (χ0v) is 40.4. The van der Waals surface area contributed by atoms with Gasteiger partial charge in [-0.3, -0.25) is 38.4 Å². The Hall–Kier alpha value is -5.90. The molecule has 22 heteroatoms. The van der Waals surface area contributed by atoms with Gasteiger partial charge < -0.3 is 56.4 Å². The van der Waals surface area contributed by atoms with Gasteiger partial charge in [0.15, 0.2) is 17.3 Å². The molecule has 1 aliphatic rings. The molecule has 1 fully saturated rings. The van der Waals surface area contributed by atoms with Crippen molar-refractivity contribution in [3.63, 3.8) is 0 Å². The summed E-state index contributed by atoms with van der Waals surface area (Å²) >= 11 is 1.06. The first kappa shape index (κ1) is 58.2. The number of urea groups is 1. The molecule has 2 rings (SSSR count). The zero-order valence-electron chi connectivity index (χ0n) is 39.6. The van der Waals surface area contributed by atoms with Crippen molar-refractivity contribution in [3.05, 3.63) is 23.8 Å². The first-order valence-electron chi connectivity index (χ1n) is 22.7. The number of nitrogens with two attached hydrogens (primary N) is 1. The fourth-order valence-corrected chi connectivity index (χ4v) is 8.45. The highest BCUT2D eigenvalue weighted by Gasteiger charge is 2.41. The fourth-order valence-electron chi connectivity index (χ4n) is 7.11. The Morgan fingerprint density at radius 2 is 1.60 bits per heavy atom. The second-order valence-corrected chi connectivity index (χ2v) is 18.1. The molecule has 0 saturated heterocycles. The van der Waals surface area contributed by atoms with E-state index in [9.17, 15) is 57.8 Å². The van der Waals surface area contributed by atoms with Crippen LogP contribution in [0.5, 0.6) is 5.75 Å². The van der Waals surface area contributed by atoms with Crippen molar-refractivity contribution in [2.24, 2.45) is 29.4 Å². The summed E-state index contributed by atoms with van der Waals surface area (Å²) in [5.41, 5.74) is 5.84. The molecule has 21 nitrogen and oxygen atoms in total. The number of primary amides is 1. The van der Waals surface area contributed by atoms with Crippen molar-refractivity contribution in [2.45, 2.75) is 116 Å². The fraction of sp³-hybridized carbons (Fsp3) is 0.630. The molecular formula is C46H68N6O15S. The molecule has 1 aliphatic carbocycles. The number of nitrogens with one attached hydrogen (secondary N) is 5. The maximum absolute atomic E-state index is 13.6. The highest BCUT2D eigenvalue weighted by atomic mass is 32.2. The number of rotatable bonds is 34. The maximum Gasteiger partial charge on any atom is 0.407 e. The van der Waals surface area contributed by atoms with Crippen molar-refractivity contribution in [3.8, 4) is 5.75 Å². The van der Waals surface area contributed by atoms with Crippen LogP contribution in [-0.4, -0.2) is 127 Å². The van der Waals surface area contributed by atoms with Gasteiger partial charge in [0, 0.05) is 101 Å². The van der Waals surface area contributed by atoms with E-state index in [-0.39, 0.29) is 129 Å². The summed E-state index contributed by atoms with van der Waals surface area (Å²) in [6, 6.07) is 3.03. The number of benzene rings is 1. The molecule has 0 aromatic heterocycles. The number of unbranched alkanes of at least 4 members (excludes halogenated alkanes) is 1. The van der Waals surface area contributed by atoms with Crippen LogP contribution in [0.4, 0.5) is 15.3 Å². The van der Waals surface area contributed by atoms with Crippen LogP contribution < -0.4 is 37.1 Å². The summed E-state index contributed by atoms with van der Waals surface area (Å²) in [4.78, 5) is 135. The Bertz CT molecular complexity index is 1950. The van der Waals surface area contributed by atoms with Crippen LogP contribution in [0.15, 0.2) is 18.2 Å². The van der Waals surface area contributed by atoms with Crippen LogP contribution in [-0.2, 0) is 59.2 Å². The molecule has 8 N–H and O–H groups in total. The summed E-state index contributed by atoms with van der Waals surface area (Å²) < 4.78 is 16.7. The van der Waals surface area contributed by atoms with Crippen molar-refractivity contribution in [1.29, 1.82) is 0 Å². The lowest BCUT2D eigenvalue weighted by atomic mass is 9.89. The molecule has 0 radical (unpaired) electrons. The molecule has 1 aromatic rings. The summed E-state index contributed by atoms with van der Waals surface area (Å²) in [6.45, 7) is 6.78. The molecule has 0 bridgehead atoms. The van der Waals surface area contributed by atoms with E-state index < -0.39 is 53.0 Å². The Labute approximate surface area is 400 Å². The van der Waals surface area contributed by atoms with E-state index in [4.69, 9.17) is 19.9 Å². The van der Waals surface area contributed by atoms with Crippen LogP contribution in [0.1, 0.15) is 104 Å². The highest BCUT2D eigenvalue weighted by molar-refractivity contribution is 8.00. The number of thioether (sulfide) groups is 1. The van der Waals surface area contributed by atoms with Gasteiger partial charge in [-0.05, 0) is 63.5 Å². The molecule has 5 atom stereocenters. The molecule has 6 amide bonds. The molecule has 378 valence electrons. The molecule has 1 aromatic carbocycles. The van der Waals surface area contributed by atoms with Gasteiger partial charge in [-0.1, -0.05) is 13.8 Å². The minimum atomic E-state index is -1.14. The molecule has 1 saturated carbocycles. The second-order valence-electron chi connectivity index (χ2n) is 16.9. The highest BCUT2D eigenvalue weighted by Crippen LogP contribution is 2.33. The average Bonchev–Trinajstić information content (AvgIpc) is 3.54. The first-order valence-corrected chi connectivity index (χ1v) is 23.8. The minimum Gasteiger partial charge on any atom is -0.485 e. The molecule has 0 spiro atoms. The van der Waals surface area contributed by atoms with Crippen LogP contribution in [0.2, 0.25) is 0 Å². The lowest BCUT2D eigenvalue weighted by molar-refractivity contribution is -0.142. The van der Waals surface area contributed by atoms with Crippen molar-refractivity contribution in [2.75, 3.05) is 51.0 Å². The number of hydrogen-bond donors (Lipinski definition) is 7. The summed E-state index contributed by atoms with van der Waals surface area (Å²) in [5, 5.41) is 21.6. The second kappa shape index (κ2) is 31.2. The largest absolute Gasteiger partial charge is 0.485 e. The summed E-state index contributed by atoms with van der Waals surface area (Å²) in [6.07, 6.45) is 1.20. The van der Waals surface area contributed by atoms with Gasteiger partial charge in [0.05, 0.1) is 23.1 Å². The van der Waals surface area contributed by atoms with Gasteiger partial charge in [0.25, 0.3) is 0 Å². The van der Waals surface area contributed by atoms with E-state index >= 15 is 0 Å². The minimum absolute atomic E-state index is 0.0288. The van der Waals surface area contributed by atoms with Gasteiger partial charge in [-0.15, -0.1) is 11.8 Å². The van der Waals surface area contributed by atoms with E-state index in [1.807, 2.05) is 0 Å². The number of carboxylic acid groups (broad SMARTS) is 1. The zero-order chi connectivity index (χ0) is 50.8. The number of aliphatic carboxylic acids is 1. The predicted octanol–water partition coefficient (Wildman–Crippen LogP) is 3.03. The lowest BCUT2D eigenvalue weighted by Gasteiger charge is -2.23. The van der Waals surface area contributed by atoms with E-state index in [1.165, 1.54) is 27.0 Å². The maximum atomic E-state index is 13.6. The third-order valence-electron chi connectivity index (χ3n) is 10.8. The van der Waals surface area contributed by atoms with Crippen LogP contribution in [0.3, 0.4) is 0 Å². The van der Waals surface area contributed by atoms with Gasteiger partial charge in [0.2, 0.25) is 17.7 Å². The number of ketones is 5. The van der Waals surface area contributed by atoms with E-state index in [0.29, 0.717) is 51.0 Å². The van der Waals surface area contributed by atoms with Gasteiger partial charge >= 0.3 is 18.1 Å². The quantitative estimate of drug-likeness (QED) is 0.0386. The Balaban J connectivity index is 1.83. The number of amides is 6. The van der Waals surface area contributed by atoms with Gasteiger partial charge in [-0.25, -0.2) is 9.59 Å². The third-order valence-corrected chi connectivity index (χ3v) is 12.2. The number of carboxylic acids is 1. The van der Waals surface area contributed by atoms with Crippen molar-refractivity contribution in [1.82, 2.24) is 21.3 Å². The van der Waals surface area contributed by atoms with Crippen LogP contribution >= 0.6 is 11.8 Å². The molecular weight excluding hydrogens is 909 g/mol. The number of anilines is 1. The normalized spacial score (nSPS) is 15.7. The number of ether oxygens (including phenoxy) is 3. The predicted molar refractivity (Wildman–Crippen MR) is 250 cm³/mol. The number of Topliss-reactive ketones (excluding diaryl/α,β-unsaturated/α-hetero) is 5. The summed E-state index contributed by atoms with van der Waals surface area (Å²) in [5.74, 6) is -6.55. The number of carbonyl (C=O) groups is 11. The Morgan fingerprint density at radius 3 is 2.25 bits per heavy atom. The standard InChI is InChI=1S/C46H68N6O15S/c1-27(2)41(51-29(4)54)37(57)21-30(10-8-16-50-45(47)63)43(60)52-33-13-12-31(24-67-46(64)48-5)38(22-33)66-25-34(55)11-6-7-18-65-19-9-17-49-40(58)15-14-35-36(56)23-39(42(35)59)68-26-32(44(61)62)20-28(3)53/h12-13,22,27,30,32,35,39,41H,6-11,14-21,23-26H2,1-5H3,(H,48,64)(H,49,58)(H,51,54)(H,52,60)(H,61,62)(H3,47,50,63)/t30-,32+,35?,39?,41+/m1/s1. The van der Waals surface area contributed by atoms with Crippen LogP contribution in [0.25, 0.3) is 0 Å². The molecule has 0 aliphatic heterocycles. The van der Waals surface area contributed by atoms with Crippen molar-refractivity contribution >= 4 is 82.2 Å². The van der Waals surface area contributed by atoms with Crippen molar-refractivity contribution < 1.29 is 72.1 Å². The Morgan fingerprint density at radius 1 is 0.897 bits per heavy atom. The smallest absolute Gasteiger partial charge is 0.407 e. The number of alkyl carbamates (subject to hydrolysis) is 1. The number of hydrogen-bond acceptors (Lipinski definition) is 15. The SMILES string of the molecule is CNC(=O)OCc1ccc(NC(=O)[C@H](CCCNC(N)=O)CC(=O)[C@@H](NC(C)=O)C(C)C)cc1OCC(=O)CCCCOCCCNC(=O)CCC1C(=O)CC(SC[C@H](CC(C)=O)C(=O)O)C1=O. The molecule has 0 heterocycles. The Kier molecular flexibility index (Phi) is 26.7. The van der Waals surface area contributed by atoms with Gasteiger partial charge in [-0.2, -0.15) is 0 Å². The topological polar surface area (TPSA) is 322 Å². The summed E-state index contributed by atoms with van der Waals surface area (Å²) in [7, 11) is 1.39. The van der Waals surface area contributed by atoms with E-state index in [0.717, 1.165) is 11.8 Å². The number of carbonyl (C=O) groups excluding carboxylic acids is 10. The average molecular weight is 977 g/mol. The van der Waals surface area contributed by atoms with E-state index in [2.05, 4.69) is 26.6 Å². The third kappa shape index (κ3) is 22.7.